The normalized spacial score (nSPS) is 11.3. The number of hydrogen-bond donors (Lipinski definition) is 1. The Balaban J connectivity index is 1.44. The minimum absolute atomic E-state index is 0.0686. The molecule has 1 amide bonds. The Morgan fingerprint density at radius 1 is 1.28 bits per heavy atom. The van der Waals surface area contributed by atoms with E-state index in [2.05, 4.69) is 15.3 Å². The summed E-state index contributed by atoms with van der Waals surface area (Å²) in [6, 6.07) is 7.48. The second-order valence-corrected chi connectivity index (χ2v) is 9.56. The summed E-state index contributed by atoms with van der Waals surface area (Å²) in [6.07, 6.45) is 0. The maximum atomic E-state index is 12.4. The van der Waals surface area contributed by atoms with E-state index in [9.17, 15) is 9.59 Å². The summed E-state index contributed by atoms with van der Waals surface area (Å²) in [5.41, 5.74) is 0.754. The van der Waals surface area contributed by atoms with Crippen molar-refractivity contribution in [1.82, 2.24) is 14.5 Å². The van der Waals surface area contributed by atoms with Gasteiger partial charge in [-0.05, 0) is 38.1 Å². The third kappa shape index (κ3) is 4.14. The van der Waals surface area contributed by atoms with Crippen molar-refractivity contribution in [2.45, 2.75) is 18.1 Å². The number of hydrogen-bond acceptors (Lipinski definition) is 8. The molecule has 0 fully saturated rings. The number of aryl methyl sites for hydroxylation is 1. The molecule has 150 valence electrons. The van der Waals surface area contributed by atoms with Crippen LogP contribution in [0.5, 0.6) is 5.75 Å². The van der Waals surface area contributed by atoms with Crippen LogP contribution in [0.15, 0.2) is 33.3 Å². The number of nitrogens with zero attached hydrogens (tertiary/aromatic N) is 3. The van der Waals surface area contributed by atoms with Crippen molar-refractivity contribution < 1.29 is 9.53 Å². The Hall–Kier alpha value is -2.43. The molecular formula is C19H18N4O3S3. The largest absolute Gasteiger partial charge is 0.494 e. The highest BCUT2D eigenvalue weighted by Gasteiger charge is 2.13. The molecule has 4 rings (SSSR count). The average molecular weight is 447 g/mol. The highest BCUT2D eigenvalue weighted by atomic mass is 32.2. The van der Waals surface area contributed by atoms with Crippen LogP contribution in [-0.2, 0) is 11.8 Å². The number of thioether (sulfide) groups is 1. The van der Waals surface area contributed by atoms with E-state index in [0.29, 0.717) is 27.8 Å². The minimum Gasteiger partial charge on any atom is -0.494 e. The first kappa shape index (κ1) is 19.9. The van der Waals surface area contributed by atoms with Crippen molar-refractivity contribution in [3.8, 4) is 5.75 Å². The molecule has 7 nitrogen and oxygen atoms in total. The Bertz CT molecular complexity index is 1280. The van der Waals surface area contributed by atoms with E-state index in [1.807, 2.05) is 25.1 Å². The quantitative estimate of drug-likeness (QED) is 0.450. The van der Waals surface area contributed by atoms with Crippen LogP contribution in [0.25, 0.3) is 20.4 Å². The van der Waals surface area contributed by atoms with Gasteiger partial charge in [-0.1, -0.05) is 11.3 Å². The molecule has 0 aliphatic rings. The topological polar surface area (TPSA) is 86.1 Å². The number of thiazole rings is 1. The molecule has 0 saturated carbocycles. The average Bonchev–Trinajstić information content (AvgIpc) is 3.27. The lowest BCUT2D eigenvalue weighted by molar-refractivity contribution is -0.113. The predicted octanol–water partition coefficient (Wildman–Crippen LogP) is 4.04. The van der Waals surface area contributed by atoms with Crippen LogP contribution in [-0.4, -0.2) is 32.8 Å². The van der Waals surface area contributed by atoms with Gasteiger partial charge in [-0.25, -0.2) is 9.97 Å². The van der Waals surface area contributed by atoms with Gasteiger partial charge < -0.3 is 10.1 Å². The lowest BCUT2D eigenvalue weighted by atomic mass is 10.3. The maximum Gasteiger partial charge on any atom is 0.262 e. The number of aromatic nitrogens is 3. The van der Waals surface area contributed by atoms with Gasteiger partial charge >= 0.3 is 0 Å². The molecule has 0 spiro atoms. The van der Waals surface area contributed by atoms with Crippen LogP contribution in [0.3, 0.4) is 0 Å². The zero-order valence-electron chi connectivity index (χ0n) is 16.0. The molecule has 0 aliphatic carbocycles. The van der Waals surface area contributed by atoms with Gasteiger partial charge in [0.1, 0.15) is 16.4 Å². The van der Waals surface area contributed by atoms with Crippen LogP contribution in [0.2, 0.25) is 0 Å². The maximum absolute atomic E-state index is 12.4. The van der Waals surface area contributed by atoms with E-state index in [0.717, 1.165) is 20.2 Å². The van der Waals surface area contributed by atoms with Crippen LogP contribution in [0, 0.1) is 6.92 Å². The molecule has 3 aromatic heterocycles. The molecule has 3 heterocycles. The van der Waals surface area contributed by atoms with Gasteiger partial charge in [0.2, 0.25) is 5.91 Å². The van der Waals surface area contributed by atoms with Crippen molar-refractivity contribution in [2.24, 2.45) is 7.05 Å². The van der Waals surface area contributed by atoms with E-state index in [-0.39, 0.29) is 17.2 Å². The van der Waals surface area contributed by atoms with Gasteiger partial charge in [0.25, 0.3) is 5.56 Å². The molecule has 1 N–H and O–H groups in total. The number of carbonyl (C=O) groups is 1. The molecule has 0 aliphatic heterocycles. The van der Waals surface area contributed by atoms with Crippen molar-refractivity contribution in [3.63, 3.8) is 0 Å². The number of thiophene rings is 1. The van der Waals surface area contributed by atoms with Crippen molar-refractivity contribution in [2.75, 3.05) is 17.7 Å². The van der Waals surface area contributed by atoms with E-state index < -0.39 is 0 Å². The van der Waals surface area contributed by atoms with E-state index in [4.69, 9.17) is 4.74 Å². The number of amides is 1. The number of benzene rings is 1. The summed E-state index contributed by atoms with van der Waals surface area (Å²) in [4.78, 5) is 34.3. The number of nitrogens with one attached hydrogen (secondary N) is 1. The third-order valence-corrected chi connectivity index (χ3v) is 7.41. The summed E-state index contributed by atoms with van der Waals surface area (Å²) in [5.74, 6) is 1.54. The van der Waals surface area contributed by atoms with E-state index in [1.54, 1.807) is 20.0 Å². The molecule has 0 unspecified atom stereocenters. The molecule has 0 bridgehead atoms. The van der Waals surface area contributed by atoms with Gasteiger partial charge in [0.15, 0.2) is 5.13 Å². The number of rotatable bonds is 6. The molecule has 0 radical (unpaired) electrons. The molecule has 10 heteroatoms. The standard InChI is InChI=1S/C19H18N4O3S3/c1-4-26-11-5-6-13-14(7-11)28-19(21-13)22-15(24)9-27-16-8-12-17(29-16)20-10(2)23(3)18(12)25/h5-8H,4,9H2,1-3H3,(H,21,22,24). The first-order chi connectivity index (χ1) is 13.9. The number of carbonyl (C=O) groups excluding carboxylic acids is 1. The van der Waals surface area contributed by atoms with Crippen molar-refractivity contribution in [3.05, 3.63) is 40.4 Å². The van der Waals surface area contributed by atoms with Crippen LogP contribution in [0.4, 0.5) is 5.13 Å². The lowest BCUT2D eigenvalue weighted by Gasteiger charge is -2.00. The smallest absolute Gasteiger partial charge is 0.262 e. The van der Waals surface area contributed by atoms with E-state index in [1.165, 1.54) is 39.0 Å². The SMILES string of the molecule is CCOc1ccc2nc(NC(=O)CSc3cc4c(=O)n(C)c(C)nc4s3)sc2c1. The first-order valence-corrected chi connectivity index (χ1v) is 11.5. The molecule has 0 atom stereocenters. The Kier molecular flexibility index (Phi) is 5.57. The minimum atomic E-state index is -0.145. The first-order valence-electron chi connectivity index (χ1n) is 8.88. The molecule has 1 aromatic carbocycles. The van der Waals surface area contributed by atoms with Gasteiger partial charge in [0, 0.05) is 7.05 Å². The Morgan fingerprint density at radius 3 is 2.90 bits per heavy atom. The Morgan fingerprint density at radius 2 is 2.10 bits per heavy atom. The second-order valence-electron chi connectivity index (χ2n) is 6.23. The van der Waals surface area contributed by atoms with Crippen molar-refractivity contribution >= 4 is 65.9 Å². The molecule has 0 saturated heterocycles. The fourth-order valence-electron chi connectivity index (χ4n) is 2.72. The van der Waals surface area contributed by atoms with Crippen LogP contribution >= 0.6 is 34.4 Å². The van der Waals surface area contributed by atoms with Gasteiger partial charge in [-0.3, -0.25) is 14.2 Å². The van der Waals surface area contributed by atoms with E-state index >= 15 is 0 Å². The highest BCUT2D eigenvalue weighted by molar-refractivity contribution is 8.01. The second kappa shape index (κ2) is 8.13. The molecular weight excluding hydrogens is 428 g/mol. The lowest BCUT2D eigenvalue weighted by Crippen LogP contribution is -2.19. The molecule has 4 aromatic rings. The predicted molar refractivity (Wildman–Crippen MR) is 120 cm³/mol. The summed E-state index contributed by atoms with van der Waals surface area (Å²) in [7, 11) is 1.71. The number of ether oxygens (including phenoxy) is 1. The van der Waals surface area contributed by atoms with Crippen LogP contribution < -0.4 is 15.6 Å². The third-order valence-electron chi connectivity index (χ3n) is 4.24. The van der Waals surface area contributed by atoms with Crippen LogP contribution in [0.1, 0.15) is 12.7 Å². The fourth-order valence-corrected chi connectivity index (χ4v) is 5.63. The Labute approximate surface area is 178 Å². The number of anilines is 1. The summed E-state index contributed by atoms with van der Waals surface area (Å²) >= 11 is 4.22. The van der Waals surface area contributed by atoms with Gasteiger partial charge in [-0.2, -0.15) is 0 Å². The number of fused-ring (bicyclic) bond motifs is 2. The molecule has 29 heavy (non-hydrogen) atoms. The summed E-state index contributed by atoms with van der Waals surface area (Å²) < 4.78 is 8.87. The fraction of sp³-hybridized carbons (Fsp3) is 0.263. The zero-order chi connectivity index (χ0) is 20.5. The van der Waals surface area contributed by atoms with Crippen molar-refractivity contribution in [1.29, 1.82) is 0 Å². The summed E-state index contributed by atoms with van der Waals surface area (Å²) in [6.45, 7) is 4.34. The van der Waals surface area contributed by atoms with Gasteiger partial charge in [-0.15, -0.1) is 23.1 Å². The summed E-state index contributed by atoms with van der Waals surface area (Å²) in [5, 5.41) is 3.99. The highest BCUT2D eigenvalue weighted by Crippen LogP contribution is 2.32. The zero-order valence-corrected chi connectivity index (χ0v) is 18.5. The van der Waals surface area contributed by atoms with Gasteiger partial charge in [0.05, 0.1) is 32.2 Å². The monoisotopic (exact) mass is 446 g/mol.